The third-order valence-electron chi connectivity index (χ3n) is 4.89. The van der Waals surface area contributed by atoms with Gasteiger partial charge in [-0.05, 0) is 37.0 Å². The minimum atomic E-state index is -0.00669. The maximum Gasteiger partial charge on any atom is 0.216 e. The Morgan fingerprint density at radius 1 is 1.15 bits per heavy atom. The summed E-state index contributed by atoms with van der Waals surface area (Å²) in [6, 6.07) is 14.4. The molecule has 1 amide bonds. The molecule has 1 aliphatic rings. The van der Waals surface area contributed by atoms with E-state index in [1.54, 1.807) is 6.92 Å². The number of amides is 1. The molecule has 0 radical (unpaired) electrons. The fourth-order valence-electron chi connectivity index (χ4n) is 3.72. The summed E-state index contributed by atoms with van der Waals surface area (Å²) in [5, 5.41) is 4.09. The van der Waals surface area contributed by atoms with Crippen molar-refractivity contribution in [3.05, 3.63) is 64.9 Å². The maximum absolute atomic E-state index is 11.3. The number of fused-ring (bicyclic) bond motifs is 3. The molecule has 0 fully saturated rings. The van der Waals surface area contributed by atoms with Gasteiger partial charge >= 0.3 is 0 Å². The van der Waals surface area contributed by atoms with Crippen LogP contribution in [0.2, 0.25) is 0 Å². The molecule has 4 heteroatoms. The van der Waals surface area contributed by atoms with Crippen LogP contribution >= 0.6 is 0 Å². The fourth-order valence-corrected chi connectivity index (χ4v) is 3.72. The number of nitrogens with one attached hydrogen (secondary N) is 1. The average Bonchev–Trinajstić information content (AvgIpc) is 3.00. The van der Waals surface area contributed by atoms with Crippen molar-refractivity contribution in [2.45, 2.75) is 32.6 Å². The Balaban J connectivity index is 1.77. The van der Waals surface area contributed by atoms with Gasteiger partial charge in [-0.3, -0.25) is 4.79 Å². The second-order valence-electron chi connectivity index (χ2n) is 6.77. The first-order valence-corrected chi connectivity index (χ1v) is 9.19. The van der Waals surface area contributed by atoms with Gasteiger partial charge in [-0.1, -0.05) is 30.3 Å². The molecule has 0 atom stereocenters. The molecule has 3 aromatic rings. The number of hydrogen-bond donors (Lipinski definition) is 1. The number of rotatable bonds is 5. The number of aryl methyl sites for hydroxylation is 1. The van der Waals surface area contributed by atoms with Gasteiger partial charge in [0.05, 0.1) is 6.61 Å². The molecule has 2 heterocycles. The lowest BCUT2D eigenvalue weighted by Gasteiger charge is -2.18. The smallest absolute Gasteiger partial charge is 0.216 e. The van der Waals surface area contributed by atoms with Gasteiger partial charge in [0.2, 0.25) is 5.91 Å². The van der Waals surface area contributed by atoms with Crippen molar-refractivity contribution in [2.75, 3.05) is 13.2 Å². The van der Waals surface area contributed by atoms with E-state index in [2.05, 4.69) is 17.4 Å². The third kappa shape index (κ3) is 3.32. The molecule has 1 aromatic heterocycles. The minimum absolute atomic E-state index is 0.00669. The Kier molecular flexibility index (Phi) is 4.65. The van der Waals surface area contributed by atoms with E-state index in [0.29, 0.717) is 6.54 Å². The number of hydrogen-bond acceptors (Lipinski definition) is 3. The predicted octanol–water partition coefficient (Wildman–Crippen LogP) is 4.03. The molecule has 1 aliphatic heterocycles. The summed E-state index contributed by atoms with van der Waals surface area (Å²) in [5.41, 5.74) is 4.57. The molecule has 0 unspecified atom stereocenters. The van der Waals surface area contributed by atoms with Crippen molar-refractivity contribution >= 4 is 16.9 Å². The highest BCUT2D eigenvalue weighted by Gasteiger charge is 2.22. The molecule has 0 bridgehead atoms. The molecule has 4 rings (SSSR count). The van der Waals surface area contributed by atoms with Crippen LogP contribution < -0.4 is 10.1 Å². The lowest BCUT2D eigenvalue weighted by molar-refractivity contribution is -0.118. The second-order valence-corrected chi connectivity index (χ2v) is 6.77. The first kappa shape index (κ1) is 16.7. The van der Waals surface area contributed by atoms with E-state index in [1.807, 2.05) is 30.3 Å². The molecular weight excluding hydrogens is 326 g/mol. The Bertz CT molecular complexity index is 927. The van der Waals surface area contributed by atoms with Gasteiger partial charge in [0.1, 0.15) is 17.1 Å². The number of ether oxygens (including phenoxy) is 1. The fraction of sp³-hybridized carbons (Fsp3) is 0.318. The van der Waals surface area contributed by atoms with Gasteiger partial charge < -0.3 is 14.5 Å². The minimum Gasteiger partial charge on any atom is -0.493 e. The first-order chi connectivity index (χ1) is 12.7. The monoisotopic (exact) mass is 349 g/mol. The maximum atomic E-state index is 11.3. The standard InChI is InChI=1S/C22H23NO3/c1-15(24)23-12-11-18-21(14-16-6-3-2-4-7-16)26-20-10-9-19-17(22(18)20)8-5-13-25-19/h2-4,6-7,9-10H,5,8,11-14H2,1H3,(H,23,24). The van der Waals surface area contributed by atoms with E-state index in [9.17, 15) is 4.79 Å². The van der Waals surface area contributed by atoms with E-state index in [0.717, 1.165) is 49.4 Å². The molecule has 4 nitrogen and oxygen atoms in total. The van der Waals surface area contributed by atoms with E-state index in [-0.39, 0.29) is 5.91 Å². The van der Waals surface area contributed by atoms with E-state index in [1.165, 1.54) is 22.1 Å². The summed E-state index contributed by atoms with van der Waals surface area (Å²) in [7, 11) is 0. The normalized spacial score (nSPS) is 13.3. The average molecular weight is 349 g/mol. The summed E-state index contributed by atoms with van der Waals surface area (Å²) in [5.74, 6) is 1.94. The summed E-state index contributed by atoms with van der Waals surface area (Å²) < 4.78 is 12.1. The molecule has 134 valence electrons. The lowest BCUT2D eigenvalue weighted by atomic mass is 9.95. The van der Waals surface area contributed by atoms with Gasteiger partial charge in [0.25, 0.3) is 0 Å². The highest BCUT2D eigenvalue weighted by Crippen LogP contribution is 2.38. The summed E-state index contributed by atoms with van der Waals surface area (Å²) in [6.45, 7) is 2.93. The number of carbonyl (C=O) groups is 1. The molecule has 1 N–H and O–H groups in total. The second kappa shape index (κ2) is 7.24. The molecule has 0 aliphatic carbocycles. The number of furan rings is 1. The lowest BCUT2D eigenvalue weighted by Crippen LogP contribution is -2.22. The van der Waals surface area contributed by atoms with Crippen molar-refractivity contribution in [3.63, 3.8) is 0 Å². The van der Waals surface area contributed by atoms with E-state index in [4.69, 9.17) is 9.15 Å². The van der Waals surface area contributed by atoms with Gasteiger partial charge in [-0.15, -0.1) is 0 Å². The van der Waals surface area contributed by atoms with Crippen LogP contribution in [0.25, 0.3) is 11.0 Å². The number of benzene rings is 2. The van der Waals surface area contributed by atoms with E-state index < -0.39 is 0 Å². The molecule has 0 spiro atoms. The third-order valence-corrected chi connectivity index (χ3v) is 4.89. The van der Waals surface area contributed by atoms with Gasteiger partial charge in [0.15, 0.2) is 0 Å². The van der Waals surface area contributed by atoms with Crippen LogP contribution in [0, 0.1) is 0 Å². The van der Waals surface area contributed by atoms with Crippen LogP contribution in [0.15, 0.2) is 46.9 Å². The van der Waals surface area contributed by atoms with E-state index >= 15 is 0 Å². The quantitative estimate of drug-likeness (QED) is 0.757. The van der Waals surface area contributed by atoms with Gasteiger partial charge in [0, 0.05) is 36.4 Å². The summed E-state index contributed by atoms with van der Waals surface area (Å²) in [6.07, 6.45) is 3.53. The van der Waals surface area contributed by atoms with Crippen LogP contribution in [0.3, 0.4) is 0 Å². The van der Waals surface area contributed by atoms with Gasteiger partial charge in [-0.2, -0.15) is 0 Å². The zero-order chi connectivity index (χ0) is 17.9. The Morgan fingerprint density at radius 2 is 2.00 bits per heavy atom. The zero-order valence-corrected chi connectivity index (χ0v) is 15.0. The van der Waals surface area contributed by atoms with Crippen LogP contribution in [-0.4, -0.2) is 19.1 Å². The van der Waals surface area contributed by atoms with Crippen LogP contribution in [0.5, 0.6) is 5.75 Å². The molecule has 0 saturated heterocycles. The van der Waals surface area contributed by atoms with Crippen LogP contribution in [0.4, 0.5) is 0 Å². The van der Waals surface area contributed by atoms with Crippen molar-refractivity contribution in [2.24, 2.45) is 0 Å². The Morgan fingerprint density at radius 3 is 2.81 bits per heavy atom. The largest absolute Gasteiger partial charge is 0.493 e. The Hall–Kier alpha value is -2.75. The van der Waals surface area contributed by atoms with Crippen LogP contribution in [-0.2, 0) is 24.1 Å². The van der Waals surface area contributed by atoms with Gasteiger partial charge in [-0.25, -0.2) is 0 Å². The highest BCUT2D eigenvalue weighted by molar-refractivity contribution is 5.88. The SMILES string of the molecule is CC(=O)NCCc1c(Cc2ccccc2)oc2ccc3c(c12)CCCO3. The number of carbonyl (C=O) groups excluding carboxylic acids is 1. The Labute approximate surface area is 153 Å². The van der Waals surface area contributed by atoms with Crippen molar-refractivity contribution < 1.29 is 13.9 Å². The van der Waals surface area contributed by atoms with Crippen molar-refractivity contribution in [1.29, 1.82) is 0 Å². The van der Waals surface area contributed by atoms with Crippen molar-refractivity contribution in [3.8, 4) is 5.75 Å². The molecule has 2 aromatic carbocycles. The summed E-state index contributed by atoms with van der Waals surface area (Å²) >= 11 is 0. The highest BCUT2D eigenvalue weighted by atomic mass is 16.5. The molecular formula is C22H23NO3. The zero-order valence-electron chi connectivity index (χ0n) is 15.0. The topological polar surface area (TPSA) is 51.5 Å². The van der Waals surface area contributed by atoms with Crippen molar-refractivity contribution in [1.82, 2.24) is 5.32 Å². The van der Waals surface area contributed by atoms with Crippen LogP contribution in [0.1, 0.15) is 35.8 Å². The first-order valence-electron chi connectivity index (χ1n) is 9.19. The predicted molar refractivity (Wildman–Crippen MR) is 102 cm³/mol. The molecule has 26 heavy (non-hydrogen) atoms. The molecule has 0 saturated carbocycles. The summed E-state index contributed by atoms with van der Waals surface area (Å²) in [4.78, 5) is 11.3.